The van der Waals surface area contributed by atoms with Crippen LogP contribution in [0.5, 0.6) is 0 Å². The summed E-state index contributed by atoms with van der Waals surface area (Å²) in [6.07, 6.45) is 3.17. The van der Waals surface area contributed by atoms with Gasteiger partial charge in [-0.25, -0.2) is 4.79 Å². The van der Waals surface area contributed by atoms with Gasteiger partial charge in [0.15, 0.2) is 0 Å². The summed E-state index contributed by atoms with van der Waals surface area (Å²) in [5, 5.41) is 9.33. The van der Waals surface area contributed by atoms with Gasteiger partial charge >= 0.3 is 0 Å². The van der Waals surface area contributed by atoms with Crippen molar-refractivity contribution in [2.45, 2.75) is 5.92 Å². The fourth-order valence-electron chi connectivity index (χ4n) is 1.78. The molecule has 0 saturated heterocycles. The predicted octanol–water partition coefficient (Wildman–Crippen LogP) is 3.37. The molecule has 0 aliphatic rings. The Kier molecular flexibility index (Phi) is 4.25. The lowest BCUT2D eigenvalue weighted by molar-refractivity contribution is 0.569. The van der Waals surface area contributed by atoms with Crippen LogP contribution < -0.4 is 0 Å². The van der Waals surface area contributed by atoms with E-state index in [2.05, 4.69) is 27.0 Å². The van der Waals surface area contributed by atoms with Crippen molar-refractivity contribution >= 4 is 27.4 Å². The minimum Gasteiger partial charge on any atom is -0.265 e. The van der Waals surface area contributed by atoms with E-state index in [1.165, 1.54) is 0 Å². The first-order valence-corrected chi connectivity index (χ1v) is 6.36. The maximum Gasteiger partial charge on any atom is 0.130 e. The summed E-state index contributed by atoms with van der Waals surface area (Å²) in [5.74, 6) is 1.26. The molecular weight excluding hydrogens is 304 g/mol. The Bertz CT molecular complexity index is 653. The highest BCUT2D eigenvalue weighted by Crippen LogP contribution is 2.30. The van der Waals surface area contributed by atoms with Gasteiger partial charge in [0.2, 0.25) is 0 Å². The third-order valence-corrected chi connectivity index (χ3v) is 3.25. The maximum absolute atomic E-state index is 11.2. The van der Waals surface area contributed by atoms with Crippen molar-refractivity contribution in [2.24, 2.45) is 0 Å². The highest BCUT2D eigenvalue weighted by atomic mass is 79.9. The molecule has 0 bridgehead atoms. The van der Waals surface area contributed by atoms with E-state index >= 15 is 0 Å². The van der Waals surface area contributed by atoms with Crippen LogP contribution >= 0.6 is 15.9 Å². The molecule has 1 atom stereocenters. The molecule has 0 fully saturated rings. The predicted molar refractivity (Wildman–Crippen MR) is 75.8 cm³/mol. The Morgan fingerprint density at radius 2 is 1.79 bits per heavy atom. The number of hydrogen-bond donors (Lipinski definition) is 0. The van der Waals surface area contributed by atoms with Crippen molar-refractivity contribution in [2.75, 3.05) is 0 Å². The van der Waals surface area contributed by atoms with Crippen LogP contribution in [0.4, 0.5) is 0 Å². The first-order chi connectivity index (χ1) is 9.26. The Morgan fingerprint density at radius 1 is 1.16 bits per heavy atom. The number of benzene rings is 1. The van der Waals surface area contributed by atoms with E-state index in [0.29, 0.717) is 11.1 Å². The van der Waals surface area contributed by atoms with Crippen LogP contribution in [0.2, 0.25) is 0 Å². The lowest BCUT2D eigenvalue weighted by atomic mass is 9.89. The summed E-state index contributed by atoms with van der Waals surface area (Å²) in [6.45, 7) is 0. The lowest BCUT2D eigenvalue weighted by Crippen LogP contribution is -2.00. The number of allylic oxidation sites excluding steroid dienone is 1. The van der Waals surface area contributed by atoms with Crippen LogP contribution in [0.25, 0.3) is 5.57 Å². The fourth-order valence-corrected chi connectivity index (χ4v) is 2.04. The van der Waals surface area contributed by atoms with E-state index in [-0.39, 0.29) is 0 Å². The van der Waals surface area contributed by atoms with Gasteiger partial charge in [-0.1, -0.05) is 28.1 Å². The average molecular weight is 313 g/mol. The summed E-state index contributed by atoms with van der Waals surface area (Å²) in [4.78, 5) is 15.1. The number of carbonyl (C=O) groups excluding carboxylic acids is 1. The normalized spacial score (nSPS) is 11.2. The summed E-state index contributed by atoms with van der Waals surface area (Å²) in [7, 11) is 0. The van der Waals surface area contributed by atoms with Gasteiger partial charge in [-0.2, -0.15) is 5.26 Å². The van der Waals surface area contributed by atoms with Crippen LogP contribution in [0, 0.1) is 11.3 Å². The molecule has 0 saturated carbocycles. The first-order valence-electron chi connectivity index (χ1n) is 5.56. The molecule has 0 aliphatic carbocycles. The molecule has 92 valence electrons. The molecule has 0 N–H and O–H groups in total. The van der Waals surface area contributed by atoms with E-state index in [1.54, 1.807) is 24.5 Å². The van der Waals surface area contributed by atoms with E-state index in [0.717, 1.165) is 10.0 Å². The molecule has 1 aromatic heterocycles. The number of nitrogens with zero attached hydrogens (tertiary/aromatic N) is 2. The molecule has 0 aliphatic heterocycles. The zero-order valence-electron chi connectivity index (χ0n) is 9.88. The van der Waals surface area contributed by atoms with Gasteiger partial charge in [0, 0.05) is 16.9 Å². The van der Waals surface area contributed by atoms with Gasteiger partial charge in [-0.05, 0) is 35.4 Å². The molecule has 4 heteroatoms. The Hall–Kier alpha value is -2.21. The fraction of sp³-hybridized carbons (Fsp3) is 0.0667. The van der Waals surface area contributed by atoms with E-state index in [4.69, 9.17) is 0 Å². The van der Waals surface area contributed by atoms with Crippen LogP contribution in [-0.2, 0) is 4.79 Å². The van der Waals surface area contributed by atoms with Crippen molar-refractivity contribution in [1.82, 2.24) is 4.98 Å². The topological polar surface area (TPSA) is 53.8 Å². The van der Waals surface area contributed by atoms with Crippen LogP contribution in [0.3, 0.4) is 0 Å². The van der Waals surface area contributed by atoms with Crippen LogP contribution in [0.15, 0.2) is 53.3 Å². The Morgan fingerprint density at radius 3 is 2.32 bits per heavy atom. The molecule has 19 heavy (non-hydrogen) atoms. The number of pyridine rings is 1. The monoisotopic (exact) mass is 312 g/mol. The van der Waals surface area contributed by atoms with Gasteiger partial charge in [0.05, 0.1) is 11.6 Å². The molecule has 1 heterocycles. The lowest BCUT2D eigenvalue weighted by Gasteiger charge is -2.11. The first kappa shape index (κ1) is 13.2. The second-order valence-electron chi connectivity index (χ2n) is 3.87. The van der Waals surface area contributed by atoms with Crippen LogP contribution in [0.1, 0.15) is 17.0 Å². The maximum atomic E-state index is 11.2. The largest absolute Gasteiger partial charge is 0.265 e. The van der Waals surface area contributed by atoms with Crippen molar-refractivity contribution in [3.63, 3.8) is 0 Å². The molecular formula is C15H9BrN2O. The quantitative estimate of drug-likeness (QED) is 0.816. The van der Waals surface area contributed by atoms with E-state index in [1.807, 2.05) is 30.2 Å². The van der Waals surface area contributed by atoms with Crippen molar-refractivity contribution in [1.29, 1.82) is 5.26 Å². The zero-order valence-corrected chi connectivity index (χ0v) is 11.5. The van der Waals surface area contributed by atoms with Crippen molar-refractivity contribution < 1.29 is 4.79 Å². The standard InChI is InChI=1S/C15H9BrN2O/c16-13-3-1-11(2-4-13)14(9-17)15(10-19)12-5-7-18-8-6-12/h1-8,14H. The summed E-state index contributed by atoms with van der Waals surface area (Å²) in [5.41, 5.74) is 1.76. The number of hydrogen-bond acceptors (Lipinski definition) is 3. The Labute approximate surface area is 119 Å². The van der Waals surface area contributed by atoms with Gasteiger partial charge in [-0.3, -0.25) is 4.98 Å². The Balaban J connectivity index is 2.45. The SMILES string of the molecule is N#CC(C(=C=O)c1ccncc1)c1ccc(Br)cc1. The molecule has 2 aromatic rings. The summed E-state index contributed by atoms with van der Waals surface area (Å²) < 4.78 is 0.925. The second kappa shape index (κ2) is 6.10. The number of nitriles is 1. The number of aromatic nitrogens is 1. The van der Waals surface area contributed by atoms with Gasteiger partial charge in [0.25, 0.3) is 0 Å². The third-order valence-electron chi connectivity index (χ3n) is 2.72. The van der Waals surface area contributed by atoms with Gasteiger partial charge in [0.1, 0.15) is 11.9 Å². The van der Waals surface area contributed by atoms with E-state index in [9.17, 15) is 10.1 Å². The minimum atomic E-state index is -0.631. The second-order valence-corrected chi connectivity index (χ2v) is 4.78. The van der Waals surface area contributed by atoms with E-state index < -0.39 is 5.92 Å². The average Bonchev–Trinajstić information content (AvgIpc) is 2.47. The molecule has 0 spiro atoms. The highest BCUT2D eigenvalue weighted by molar-refractivity contribution is 9.10. The molecule has 2 rings (SSSR count). The summed E-state index contributed by atoms with van der Waals surface area (Å²) in [6, 6.07) is 12.9. The minimum absolute atomic E-state index is 0.326. The number of halogens is 1. The van der Waals surface area contributed by atoms with Crippen molar-refractivity contribution in [3.05, 3.63) is 64.4 Å². The number of rotatable bonds is 3. The molecule has 3 nitrogen and oxygen atoms in total. The third kappa shape index (κ3) is 2.97. The molecule has 1 aromatic carbocycles. The molecule has 0 radical (unpaired) electrons. The van der Waals surface area contributed by atoms with Crippen LogP contribution in [-0.4, -0.2) is 10.9 Å². The van der Waals surface area contributed by atoms with Gasteiger partial charge < -0.3 is 0 Å². The van der Waals surface area contributed by atoms with Gasteiger partial charge in [-0.15, -0.1) is 0 Å². The highest BCUT2D eigenvalue weighted by Gasteiger charge is 2.19. The van der Waals surface area contributed by atoms with Crippen molar-refractivity contribution in [3.8, 4) is 6.07 Å². The molecule has 1 unspecified atom stereocenters. The summed E-state index contributed by atoms with van der Waals surface area (Å²) >= 11 is 3.34. The molecule has 0 amide bonds. The zero-order chi connectivity index (χ0) is 13.7. The smallest absolute Gasteiger partial charge is 0.130 e.